The SMILES string of the molecule is Cc1cccc([SiH2]CCc2c(C(C)(C)C)cc(O)c(C(C)(C)C)c2C(C)(C)C)c1C. The third-order valence-corrected chi connectivity index (χ3v) is 8.32. The second kappa shape index (κ2) is 8.53. The lowest BCUT2D eigenvalue weighted by molar-refractivity contribution is 0.428. The van der Waals surface area contributed by atoms with Crippen molar-refractivity contribution in [3.05, 3.63) is 57.6 Å². The molecule has 30 heavy (non-hydrogen) atoms. The first-order valence-corrected chi connectivity index (χ1v) is 13.2. The molecule has 0 heterocycles. The van der Waals surface area contributed by atoms with Crippen molar-refractivity contribution >= 4 is 14.7 Å². The number of benzene rings is 2. The van der Waals surface area contributed by atoms with Crippen molar-refractivity contribution < 1.29 is 5.11 Å². The molecule has 0 aliphatic rings. The van der Waals surface area contributed by atoms with Gasteiger partial charge < -0.3 is 5.11 Å². The Balaban J connectivity index is 2.61. The Kier molecular flexibility index (Phi) is 7.03. The van der Waals surface area contributed by atoms with E-state index in [1.165, 1.54) is 33.9 Å². The lowest BCUT2D eigenvalue weighted by Crippen LogP contribution is -2.28. The van der Waals surface area contributed by atoms with Crippen LogP contribution in [0.3, 0.4) is 0 Å². The molecule has 0 amide bonds. The fraction of sp³-hybridized carbons (Fsp3) is 0.571. The van der Waals surface area contributed by atoms with Crippen molar-refractivity contribution in [2.24, 2.45) is 0 Å². The van der Waals surface area contributed by atoms with Crippen molar-refractivity contribution in [1.29, 1.82) is 0 Å². The van der Waals surface area contributed by atoms with Crippen molar-refractivity contribution in [2.45, 2.75) is 105 Å². The van der Waals surface area contributed by atoms with E-state index < -0.39 is 0 Å². The van der Waals surface area contributed by atoms with Gasteiger partial charge in [0.05, 0.1) is 9.52 Å². The Morgan fingerprint density at radius 1 is 0.800 bits per heavy atom. The first-order chi connectivity index (χ1) is 13.5. The second-order valence-electron chi connectivity index (χ2n) is 12.1. The van der Waals surface area contributed by atoms with Gasteiger partial charge in [0.15, 0.2) is 0 Å². The van der Waals surface area contributed by atoms with Crippen LogP contribution in [0, 0.1) is 13.8 Å². The summed E-state index contributed by atoms with van der Waals surface area (Å²) in [6, 6.07) is 10.1. The van der Waals surface area contributed by atoms with Gasteiger partial charge in [0.1, 0.15) is 5.75 Å². The van der Waals surface area contributed by atoms with Gasteiger partial charge in [-0.25, -0.2) is 0 Å². The summed E-state index contributed by atoms with van der Waals surface area (Å²) in [7, 11) is -0.344. The summed E-state index contributed by atoms with van der Waals surface area (Å²) in [6.07, 6.45) is 1.10. The third-order valence-electron chi connectivity index (χ3n) is 6.31. The molecule has 2 aromatic rings. The second-order valence-corrected chi connectivity index (χ2v) is 14.1. The summed E-state index contributed by atoms with van der Waals surface area (Å²) in [5.74, 6) is 0.466. The fourth-order valence-corrected chi connectivity index (χ4v) is 6.63. The summed E-state index contributed by atoms with van der Waals surface area (Å²) in [5, 5.41) is 12.7. The van der Waals surface area contributed by atoms with Gasteiger partial charge in [-0.3, -0.25) is 0 Å². The standard InChI is InChI=1S/C28H44OSi/c1-18-13-12-14-23(19(18)2)30-16-15-20-21(26(3,4)5)17-22(29)25(28(9,10)11)24(20)27(6,7)8/h12-14,17,29H,15-16,30H2,1-11H3. The average Bonchev–Trinajstić information content (AvgIpc) is 2.56. The van der Waals surface area contributed by atoms with E-state index in [-0.39, 0.29) is 25.8 Å². The molecule has 0 saturated carbocycles. The molecule has 0 aromatic heterocycles. The van der Waals surface area contributed by atoms with Crippen LogP contribution in [0.25, 0.3) is 0 Å². The van der Waals surface area contributed by atoms with Gasteiger partial charge in [-0.05, 0) is 70.4 Å². The summed E-state index contributed by atoms with van der Waals surface area (Å²) in [5.41, 5.74) is 8.08. The van der Waals surface area contributed by atoms with E-state index in [9.17, 15) is 5.11 Å². The summed E-state index contributed by atoms with van der Waals surface area (Å²) >= 11 is 0. The zero-order valence-electron chi connectivity index (χ0n) is 21.4. The van der Waals surface area contributed by atoms with Crippen LogP contribution in [-0.4, -0.2) is 14.6 Å². The van der Waals surface area contributed by atoms with Gasteiger partial charge in [-0.15, -0.1) is 0 Å². The highest BCUT2D eigenvalue weighted by atomic mass is 28.2. The minimum atomic E-state index is -0.344. The molecule has 0 atom stereocenters. The molecule has 0 radical (unpaired) electrons. The molecule has 1 nitrogen and oxygen atoms in total. The van der Waals surface area contributed by atoms with Crippen molar-refractivity contribution in [2.75, 3.05) is 0 Å². The number of phenols is 1. The Morgan fingerprint density at radius 3 is 1.87 bits per heavy atom. The van der Waals surface area contributed by atoms with Gasteiger partial charge in [-0.2, -0.15) is 0 Å². The number of hydrogen-bond donors (Lipinski definition) is 1. The van der Waals surface area contributed by atoms with E-state index in [0.29, 0.717) is 5.75 Å². The number of aryl methyl sites for hydroxylation is 1. The first kappa shape index (κ1) is 24.7. The van der Waals surface area contributed by atoms with Gasteiger partial charge >= 0.3 is 0 Å². The van der Waals surface area contributed by atoms with Crippen LogP contribution in [0.1, 0.15) is 95.7 Å². The maximum Gasteiger partial charge on any atom is 0.119 e. The van der Waals surface area contributed by atoms with Crippen molar-refractivity contribution in [3.8, 4) is 5.75 Å². The molecule has 0 aliphatic carbocycles. The van der Waals surface area contributed by atoms with Crippen LogP contribution in [0.4, 0.5) is 0 Å². The van der Waals surface area contributed by atoms with E-state index in [4.69, 9.17) is 0 Å². The normalized spacial score (nSPS) is 13.4. The number of hydrogen-bond acceptors (Lipinski definition) is 1. The molecular formula is C28H44OSi. The zero-order valence-corrected chi connectivity index (χ0v) is 22.8. The molecule has 0 bridgehead atoms. The molecule has 2 rings (SSSR count). The largest absolute Gasteiger partial charge is 0.508 e. The number of phenolic OH excluding ortho intramolecular Hbond substituents is 1. The number of aromatic hydroxyl groups is 1. The van der Waals surface area contributed by atoms with Crippen LogP contribution >= 0.6 is 0 Å². The quantitative estimate of drug-likeness (QED) is 0.566. The lowest BCUT2D eigenvalue weighted by Gasteiger charge is -2.37. The maximum atomic E-state index is 11.1. The molecule has 0 aliphatic heterocycles. The van der Waals surface area contributed by atoms with E-state index in [2.05, 4.69) is 100 Å². The Hall–Kier alpha value is -1.54. The molecule has 2 aromatic carbocycles. The van der Waals surface area contributed by atoms with Gasteiger partial charge in [0.2, 0.25) is 0 Å². The minimum Gasteiger partial charge on any atom is -0.508 e. The van der Waals surface area contributed by atoms with Crippen LogP contribution in [0.5, 0.6) is 5.75 Å². The topological polar surface area (TPSA) is 20.2 Å². The van der Waals surface area contributed by atoms with Crippen molar-refractivity contribution in [3.63, 3.8) is 0 Å². The lowest BCUT2D eigenvalue weighted by atomic mass is 9.68. The average molecular weight is 425 g/mol. The monoisotopic (exact) mass is 424 g/mol. The third kappa shape index (κ3) is 5.38. The number of rotatable bonds is 4. The summed E-state index contributed by atoms with van der Waals surface area (Å²) < 4.78 is 0. The smallest absolute Gasteiger partial charge is 0.119 e. The van der Waals surface area contributed by atoms with Crippen LogP contribution in [0.15, 0.2) is 24.3 Å². The summed E-state index contributed by atoms with van der Waals surface area (Å²) in [6.45, 7) is 24.9. The molecule has 0 spiro atoms. The predicted octanol–water partition coefficient (Wildman–Crippen LogP) is 6.36. The van der Waals surface area contributed by atoms with Crippen molar-refractivity contribution in [1.82, 2.24) is 0 Å². The van der Waals surface area contributed by atoms with E-state index >= 15 is 0 Å². The first-order valence-electron chi connectivity index (χ1n) is 11.5. The molecule has 0 saturated heterocycles. The molecular weight excluding hydrogens is 380 g/mol. The fourth-order valence-electron chi connectivity index (χ4n) is 4.76. The highest BCUT2D eigenvalue weighted by Crippen LogP contribution is 2.45. The highest BCUT2D eigenvalue weighted by molar-refractivity contribution is 6.54. The van der Waals surface area contributed by atoms with Gasteiger partial charge in [0, 0.05) is 5.56 Å². The molecule has 166 valence electrons. The Bertz CT molecular complexity index is 902. The predicted molar refractivity (Wildman–Crippen MR) is 137 cm³/mol. The summed E-state index contributed by atoms with van der Waals surface area (Å²) in [4.78, 5) is 0. The molecule has 0 unspecified atom stereocenters. The Labute approximate surface area is 188 Å². The van der Waals surface area contributed by atoms with Crippen LogP contribution in [-0.2, 0) is 22.7 Å². The van der Waals surface area contributed by atoms with Crippen LogP contribution in [0.2, 0.25) is 6.04 Å². The van der Waals surface area contributed by atoms with Gasteiger partial charge in [0.25, 0.3) is 0 Å². The Morgan fingerprint density at radius 2 is 1.37 bits per heavy atom. The zero-order chi connectivity index (χ0) is 23.1. The minimum absolute atomic E-state index is 0.00400. The van der Waals surface area contributed by atoms with E-state index in [1.807, 2.05) is 0 Å². The van der Waals surface area contributed by atoms with Gasteiger partial charge in [-0.1, -0.05) is 91.7 Å². The van der Waals surface area contributed by atoms with Crippen LogP contribution < -0.4 is 5.19 Å². The molecule has 2 heteroatoms. The van der Waals surface area contributed by atoms with E-state index in [0.717, 1.165) is 12.0 Å². The highest BCUT2D eigenvalue weighted by Gasteiger charge is 2.34. The molecule has 1 N–H and O–H groups in total. The molecule has 0 fully saturated rings. The van der Waals surface area contributed by atoms with E-state index in [1.54, 1.807) is 5.19 Å². The maximum absolute atomic E-state index is 11.1.